The third kappa shape index (κ3) is 3.62. The Hall–Kier alpha value is -2.40. The number of amides is 1. The van der Waals surface area contributed by atoms with Crippen LogP contribution in [-0.2, 0) is 17.8 Å². The van der Waals surface area contributed by atoms with E-state index in [0.29, 0.717) is 13.0 Å². The second-order valence-electron chi connectivity index (χ2n) is 5.10. The molecule has 2 heterocycles. The molecule has 0 aliphatic heterocycles. The van der Waals surface area contributed by atoms with Gasteiger partial charge in [0.25, 0.3) is 0 Å². The molecule has 5 heteroatoms. The maximum Gasteiger partial charge on any atom is 0.229 e. The highest BCUT2D eigenvalue weighted by molar-refractivity contribution is 7.12. The molecule has 3 rings (SSSR count). The van der Waals surface area contributed by atoms with E-state index in [0.717, 1.165) is 16.1 Å². The number of para-hydroxylation sites is 1. The van der Waals surface area contributed by atoms with Crippen molar-refractivity contribution in [2.75, 3.05) is 5.32 Å². The molecule has 0 saturated heterocycles. The Balaban J connectivity index is 1.70. The number of nitrogens with zero attached hydrogens (tertiary/aromatic N) is 2. The number of rotatable bonds is 5. The number of hydrogen-bond acceptors (Lipinski definition) is 3. The fraction of sp³-hybridized carbons (Fsp3) is 0.176. The second-order valence-corrected chi connectivity index (χ2v) is 6.47. The highest BCUT2D eigenvalue weighted by atomic mass is 32.1. The van der Waals surface area contributed by atoms with E-state index < -0.39 is 0 Å². The van der Waals surface area contributed by atoms with E-state index >= 15 is 0 Å². The van der Waals surface area contributed by atoms with Gasteiger partial charge in [-0.2, -0.15) is 5.10 Å². The molecular weight excluding hydrogens is 294 g/mol. The number of aromatic nitrogens is 2. The van der Waals surface area contributed by atoms with Crippen LogP contribution < -0.4 is 5.32 Å². The summed E-state index contributed by atoms with van der Waals surface area (Å²) in [7, 11) is 0. The molecule has 0 spiro atoms. The number of carbonyl (C=O) groups excluding carboxylic acids is 1. The lowest BCUT2D eigenvalue weighted by Crippen LogP contribution is -2.15. The number of thiophene rings is 1. The van der Waals surface area contributed by atoms with Gasteiger partial charge in [-0.25, -0.2) is 0 Å². The van der Waals surface area contributed by atoms with Gasteiger partial charge in [0.1, 0.15) is 0 Å². The van der Waals surface area contributed by atoms with Crippen LogP contribution in [0.3, 0.4) is 0 Å². The quantitative estimate of drug-likeness (QED) is 0.784. The van der Waals surface area contributed by atoms with Gasteiger partial charge in [0.15, 0.2) is 0 Å². The van der Waals surface area contributed by atoms with E-state index in [1.807, 2.05) is 60.3 Å². The molecule has 0 saturated carbocycles. The fourth-order valence-corrected chi connectivity index (χ4v) is 3.17. The van der Waals surface area contributed by atoms with Crippen molar-refractivity contribution in [3.8, 4) is 0 Å². The first-order valence-electron chi connectivity index (χ1n) is 7.11. The number of nitrogens with one attached hydrogen (secondary N) is 1. The first-order chi connectivity index (χ1) is 10.7. The lowest BCUT2D eigenvalue weighted by atomic mass is 10.1. The van der Waals surface area contributed by atoms with Gasteiger partial charge in [-0.15, -0.1) is 11.3 Å². The summed E-state index contributed by atoms with van der Waals surface area (Å²) in [6, 6.07) is 13.8. The molecule has 1 N–H and O–H groups in total. The normalized spacial score (nSPS) is 10.6. The van der Waals surface area contributed by atoms with E-state index in [-0.39, 0.29) is 5.91 Å². The van der Waals surface area contributed by atoms with Gasteiger partial charge in [-0.1, -0.05) is 18.2 Å². The standard InChI is InChI=1S/C17H17N3OS/c1-13-7-8-15(22-13)11-17(21)19-16-6-3-2-5-14(16)12-20-10-4-9-18-20/h2-10H,11-12H2,1H3,(H,19,21). The van der Waals surface area contributed by atoms with Crippen LogP contribution in [-0.4, -0.2) is 15.7 Å². The molecule has 0 fully saturated rings. The van der Waals surface area contributed by atoms with E-state index in [9.17, 15) is 4.79 Å². The summed E-state index contributed by atoms with van der Waals surface area (Å²) in [5.41, 5.74) is 1.89. The zero-order chi connectivity index (χ0) is 15.4. The Labute approximate surface area is 133 Å². The van der Waals surface area contributed by atoms with Crippen LogP contribution in [0.15, 0.2) is 54.9 Å². The SMILES string of the molecule is Cc1ccc(CC(=O)Nc2ccccc2Cn2cccn2)s1. The third-order valence-electron chi connectivity index (χ3n) is 3.31. The predicted octanol–water partition coefficient (Wildman–Crippen LogP) is 3.48. The summed E-state index contributed by atoms with van der Waals surface area (Å²) in [6.07, 6.45) is 4.07. The average molecular weight is 311 g/mol. The van der Waals surface area contributed by atoms with Crippen LogP contribution in [0.2, 0.25) is 0 Å². The van der Waals surface area contributed by atoms with Crippen molar-refractivity contribution >= 4 is 22.9 Å². The highest BCUT2D eigenvalue weighted by Gasteiger charge is 2.09. The van der Waals surface area contributed by atoms with Crippen molar-refractivity contribution in [1.29, 1.82) is 0 Å². The third-order valence-corrected chi connectivity index (χ3v) is 4.31. The van der Waals surface area contributed by atoms with Crippen LogP contribution >= 0.6 is 11.3 Å². The van der Waals surface area contributed by atoms with E-state index in [1.165, 1.54) is 4.88 Å². The molecule has 0 radical (unpaired) electrons. The van der Waals surface area contributed by atoms with Gasteiger partial charge < -0.3 is 5.32 Å². The molecule has 1 amide bonds. The molecule has 0 unspecified atom stereocenters. The lowest BCUT2D eigenvalue weighted by Gasteiger charge is -2.11. The largest absolute Gasteiger partial charge is 0.325 e. The van der Waals surface area contributed by atoms with E-state index in [1.54, 1.807) is 17.5 Å². The van der Waals surface area contributed by atoms with Gasteiger partial charge in [0.2, 0.25) is 5.91 Å². The Morgan fingerprint density at radius 1 is 1.23 bits per heavy atom. The molecule has 2 aromatic heterocycles. The van der Waals surface area contributed by atoms with Crippen LogP contribution in [0.25, 0.3) is 0 Å². The molecule has 112 valence electrons. The van der Waals surface area contributed by atoms with Gasteiger partial charge in [0, 0.05) is 27.8 Å². The van der Waals surface area contributed by atoms with Crippen LogP contribution in [0.1, 0.15) is 15.3 Å². The number of carbonyl (C=O) groups is 1. The van der Waals surface area contributed by atoms with E-state index in [4.69, 9.17) is 0 Å². The molecule has 0 aliphatic rings. The summed E-state index contributed by atoms with van der Waals surface area (Å²) in [5.74, 6) is 0.00904. The Kier molecular flexibility index (Phi) is 4.34. The van der Waals surface area contributed by atoms with Gasteiger partial charge in [0.05, 0.1) is 13.0 Å². The number of hydrogen-bond donors (Lipinski definition) is 1. The van der Waals surface area contributed by atoms with Gasteiger partial charge in [-0.05, 0) is 36.8 Å². The average Bonchev–Trinajstić information content (AvgIpc) is 3.13. The summed E-state index contributed by atoms with van der Waals surface area (Å²) >= 11 is 1.66. The molecule has 1 aromatic carbocycles. The van der Waals surface area contributed by atoms with Crippen LogP contribution in [0, 0.1) is 6.92 Å². The zero-order valence-electron chi connectivity index (χ0n) is 12.3. The zero-order valence-corrected chi connectivity index (χ0v) is 13.1. The van der Waals surface area contributed by atoms with Crippen molar-refractivity contribution in [2.24, 2.45) is 0 Å². The summed E-state index contributed by atoms with van der Waals surface area (Å²) in [6.45, 7) is 2.69. The topological polar surface area (TPSA) is 46.9 Å². The number of benzene rings is 1. The Bertz CT molecular complexity index is 762. The van der Waals surface area contributed by atoms with Crippen LogP contribution in [0.5, 0.6) is 0 Å². The maximum absolute atomic E-state index is 12.2. The molecule has 3 aromatic rings. The molecular formula is C17H17N3OS. The van der Waals surface area contributed by atoms with Gasteiger partial charge >= 0.3 is 0 Å². The van der Waals surface area contributed by atoms with Crippen molar-refractivity contribution in [1.82, 2.24) is 9.78 Å². The maximum atomic E-state index is 12.2. The van der Waals surface area contributed by atoms with Crippen molar-refractivity contribution in [3.05, 3.63) is 70.2 Å². The number of aryl methyl sites for hydroxylation is 1. The second kappa shape index (κ2) is 6.58. The predicted molar refractivity (Wildman–Crippen MR) is 89.2 cm³/mol. The molecule has 0 aliphatic carbocycles. The Morgan fingerprint density at radius 2 is 2.09 bits per heavy atom. The first-order valence-corrected chi connectivity index (χ1v) is 7.93. The van der Waals surface area contributed by atoms with Crippen molar-refractivity contribution < 1.29 is 4.79 Å². The Morgan fingerprint density at radius 3 is 2.82 bits per heavy atom. The monoisotopic (exact) mass is 311 g/mol. The number of anilines is 1. The van der Waals surface area contributed by atoms with Crippen LogP contribution in [0.4, 0.5) is 5.69 Å². The van der Waals surface area contributed by atoms with Crippen molar-refractivity contribution in [2.45, 2.75) is 19.9 Å². The highest BCUT2D eigenvalue weighted by Crippen LogP contribution is 2.19. The summed E-state index contributed by atoms with van der Waals surface area (Å²) in [4.78, 5) is 14.5. The first kappa shape index (κ1) is 14.5. The minimum Gasteiger partial charge on any atom is -0.325 e. The summed E-state index contributed by atoms with van der Waals surface area (Å²) in [5, 5.41) is 7.22. The summed E-state index contributed by atoms with van der Waals surface area (Å²) < 4.78 is 1.84. The smallest absolute Gasteiger partial charge is 0.229 e. The van der Waals surface area contributed by atoms with E-state index in [2.05, 4.69) is 10.4 Å². The fourth-order valence-electron chi connectivity index (χ4n) is 2.28. The molecule has 4 nitrogen and oxygen atoms in total. The molecule has 22 heavy (non-hydrogen) atoms. The van der Waals surface area contributed by atoms with Crippen molar-refractivity contribution in [3.63, 3.8) is 0 Å². The molecule has 0 bridgehead atoms. The molecule has 0 atom stereocenters. The minimum absolute atomic E-state index is 0.00904. The lowest BCUT2D eigenvalue weighted by molar-refractivity contribution is -0.115. The van der Waals surface area contributed by atoms with Gasteiger partial charge in [-0.3, -0.25) is 9.48 Å². The minimum atomic E-state index is 0.00904.